The summed E-state index contributed by atoms with van der Waals surface area (Å²) in [6, 6.07) is 18.9. The van der Waals surface area contributed by atoms with Gasteiger partial charge in [0.25, 0.3) is 5.69 Å². The first kappa shape index (κ1) is 21.2. The number of nitrogens with zero attached hydrogens (tertiary/aromatic N) is 2. The summed E-state index contributed by atoms with van der Waals surface area (Å²) in [6.07, 6.45) is 0. The lowest BCUT2D eigenvalue weighted by Crippen LogP contribution is -2.10. The lowest BCUT2D eigenvalue weighted by atomic mass is 10.3. The molecule has 0 aliphatic carbocycles. The largest absolute Gasteiger partial charge is 0.618 e. The molecular weight excluding hydrogens is 374 g/mol. The van der Waals surface area contributed by atoms with E-state index in [9.17, 15) is 25.4 Å². The Morgan fingerprint density at radius 2 is 1.21 bits per heavy atom. The van der Waals surface area contributed by atoms with Crippen LogP contribution in [0.4, 0.5) is 17.1 Å². The highest BCUT2D eigenvalue weighted by Crippen LogP contribution is 2.27. The molecule has 0 radical (unpaired) electrons. The van der Waals surface area contributed by atoms with Crippen LogP contribution in [0.3, 0.4) is 0 Å². The Labute approximate surface area is 167 Å². The smallest absolute Gasteiger partial charge is 0.333 e. The van der Waals surface area contributed by atoms with E-state index < -0.39 is 0 Å². The summed E-state index contributed by atoms with van der Waals surface area (Å²) in [5, 5.41) is 39.5. The van der Waals surface area contributed by atoms with Crippen molar-refractivity contribution in [2.45, 2.75) is 13.8 Å². The topological polar surface area (TPSA) is 119 Å². The fourth-order valence-electron chi connectivity index (χ4n) is 2.25. The van der Waals surface area contributed by atoms with Gasteiger partial charge < -0.3 is 20.5 Å². The van der Waals surface area contributed by atoms with Crippen molar-refractivity contribution in [2.75, 3.05) is 5.43 Å². The van der Waals surface area contributed by atoms with E-state index >= 15 is 0 Å². The van der Waals surface area contributed by atoms with E-state index in [1.807, 2.05) is 0 Å². The lowest BCUT2D eigenvalue weighted by molar-refractivity contribution is -0.428. The third-order valence-electron chi connectivity index (χ3n) is 3.73. The van der Waals surface area contributed by atoms with Gasteiger partial charge in [0.1, 0.15) is 11.4 Å². The number of para-hydroxylation sites is 6. The first-order valence-corrected chi connectivity index (χ1v) is 8.66. The van der Waals surface area contributed by atoms with Gasteiger partial charge in [-0.1, -0.05) is 36.4 Å². The van der Waals surface area contributed by atoms with E-state index in [2.05, 4.69) is 5.43 Å². The molecular formula is C21H22N3O5+. The highest BCUT2D eigenvalue weighted by atomic mass is 16.5. The van der Waals surface area contributed by atoms with Gasteiger partial charge in [0, 0.05) is 26.0 Å². The number of hydrazine groups is 1. The Hall–Kier alpha value is -4.07. The van der Waals surface area contributed by atoms with Crippen LogP contribution in [0.25, 0.3) is 0 Å². The number of phenols is 3. The molecule has 8 nitrogen and oxygen atoms in total. The van der Waals surface area contributed by atoms with Crippen LogP contribution in [-0.4, -0.2) is 30.6 Å². The number of phenolic OH excluding ortho intramolecular Hbond substituents is 3. The molecule has 0 saturated carbocycles. The van der Waals surface area contributed by atoms with Crippen LogP contribution < -0.4 is 5.43 Å². The number of hydrogen-bond acceptors (Lipinski definition) is 5. The molecule has 0 atom stereocenters. The fourth-order valence-corrected chi connectivity index (χ4v) is 2.25. The Morgan fingerprint density at radius 3 is 1.69 bits per heavy atom. The zero-order chi connectivity index (χ0) is 21.4. The summed E-state index contributed by atoms with van der Waals surface area (Å²) in [7, 11) is 0. The van der Waals surface area contributed by atoms with Gasteiger partial charge in [-0.05, 0) is 24.3 Å². The number of anilines is 1. The predicted molar refractivity (Wildman–Crippen MR) is 111 cm³/mol. The third kappa shape index (κ3) is 5.70. The van der Waals surface area contributed by atoms with Gasteiger partial charge in [0.2, 0.25) is 0 Å². The van der Waals surface area contributed by atoms with Crippen molar-refractivity contribution in [3.8, 4) is 17.2 Å². The summed E-state index contributed by atoms with van der Waals surface area (Å²) in [6.45, 7) is 3.39. The molecule has 3 rings (SSSR count). The van der Waals surface area contributed by atoms with E-state index in [1.165, 1.54) is 24.3 Å². The molecule has 0 spiro atoms. The van der Waals surface area contributed by atoms with Gasteiger partial charge >= 0.3 is 5.69 Å². The maximum atomic E-state index is 11.7. The van der Waals surface area contributed by atoms with E-state index in [1.54, 1.807) is 62.4 Å². The molecule has 150 valence electrons. The molecule has 0 aromatic heterocycles. The van der Waals surface area contributed by atoms with Gasteiger partial charge in [-0.2, -0.15) is 4.74 Å². The average molecular weight is 396 g/mol. The maximum Gasteiger partial charge on any atom is 0.333 e. The van der Waals surface area contributed by atoms with Crippen LogP contribution >= 0.6 is 0 Å². The molecule has 4 N–H and O–H groups in total. The Balaban J connectivity index is 0.000000221. The van der Waals surface area contributed by atoms with Crippen molar-refractivity contribution in [1.82, 2.24) is 0 Å². The number of aromatic hydroxyl groups is 3. The molecule has 0 heterocycles. The standard InChI is InChI=1S/C12H10N2O3.C9H11NO2/c15-11-7-3-1-5-9(11)13-14(17)10-6-2-4-8-12(10)16;1-7(2)10(12)8-5-3-4-6-9(8)11/h1-8H,(H2-,13,15,16,17);3-6,11H,1-2H3/p+1. The molecule has 8 heteroatoms. The van der Waals surface area contributed by atoms with E-state index in [4.69, 9.17) is 0 Å². The molecule has 0 aliphatic rings. The first-order valence-electron chi connectivity index (χ1n) is 8.66. The van der Waals surface area contributed by atoms with Crippen molar-refractivity contribution in [1.29, 1.82) is 0 Å². The number of benzene rings is 3. The highest BCUT2D eigenvalue weighted by molar-refractivity contribution is 5.75. The minimum absolute atomic E-state index is 0.00806. The fraction of sp³-hybridized carbons (Fsp3) is 0.0952. The van der Waals surface area contributed by atoms with Gasteiger partial charge in [-0.25, -0.2) is 0 Å². The maximum absolute atomic E-state index is 11.7. The molecule has 3 aromatic carbocycles. The number of nitrogens with one attached hydrogen (secondary N) is 1. The second kappa shape index (κ2) is 9.75. The average Bonchev–Trinajstić information content (AvgIpc) is 2.70. The Bertz CT molecular complexity index is 1030. The zero-order valence-electron chi connectivity index (χ0n) is 16.0. The molecule has 0 bridgehead atoms. The van der Waals surface area contributed by atoms with E-state index in [0.29, 0.717) is 15.3 Å². The highest BCUT2D eigenvalue weighted by Gasteiger charge is 2.20. The van der Waals surface area contributed by atoms with Crippen LogP contribution in [0.1, 0.15) is 13.8 Å². The number of rotatable bonds is 4. The monoisotopic (exact) mass is 396 g/mol. The lowest BCUT2D eigenvalue weighted by Gasteiger charge is -2.05. The molecule has 0 saturated heterocycles. The predicted octanol–water partition coefficient (Wildman–Crippen LogP) is 4.55. The Morgan fingerprint density at radius 1 is 0.759 bits per heavy atom. The zero-order valence-corrected chi connectivity index (χ0v) is 16.0. The van der Waals surface area contributed by atoms with Crippen molar-refractivity contribution in [3.05, 3.63) is 82.9 Å². The van der Waals surface area contributed by atoms with E-state index in [0.717, 1.165) is 0 Å². The summed E-state index contributed by atoms with van der Waals surface area (Å²) < 4.78 is 0.704. The summed E-state index contributed by atoms with van der Waals surface area (Å²) in [5.41, 5.74) is 3.67. The third-order valence-corrected chi connectivity index (χ3v) is 3.73. The van der Waals surface area contributed by atoms with Crippen molar-refractivity contribution >= 4 is 22.8 Å². The van der Waals surface area contributed by atoms with Crippen LogP contribution in [0.2, 0.25) is 0 Å². The first-order chi connectivity index (χ1) is 13.8. The molecule has 3 aromatic rings. The van der Waals surface area contributed by atoms with Crippen LogP contribution in [0.15, 0.2) is 72.8 Å². The molecule has 0 amide bonds. The van der Waals surface area contributed by atoms with Crippen LogP contribution in [0.5, 0.6) is 17.2 Å². The van der Waals surface area contributed by atoms with Crippen molar-refractivity contribution < 1.29 is 24.9 Å². The van der Waals surface area contributed by atoms with Gasteiger partial charge in [-0.15, -0.1) is 5.43 Å². The van der Waals surface area contributed by atoms with Crippen LogP contribution in [0, 0.1) is 10.1 Å². The molecule has 29 heavy (non-hydrogen) atoms. The molecule has 0 fully saturated rings. The summed E-state index contributed by atoms with van der Waals surface area (Å²) in [5.74, 6) is -0.164. The quantitative estimate of drug-likeness (QED) is 0.169. The Kier molecular flexibility index (Phi) is 7.14. The minimum atomic E-state index is -0.134. The van der Waals surface area contributed by atoms with Gasteiger partial charge in [0.15, 0.2) is 22.1 Å². The SMILES string of the molecule is CC(C)=[N+]([O-])c1ccccc1O.O=[N+](Nc1ccccc1O)c1ccccc1O. The minimum Gasteiger partial charge on any atom is -0.618 e. The van der Waals surface area contributed by atoms with Crippen LogP contribution in [-0.2, 0) is 0 Å². The second-order valence-electron chi connectivity index (χ2n) is 6.14. The van der Waals surface area contributed by atoms with Gasteiger partial charge in [0.05, 0.1) is 4.91 Å². The second-order valence-corrected chi connectivity index (χ2v) is 6.14. The number of nitroso groups, excluding NO2 is 1. The molecule has 0 aliphatic heterocycles. The van der Waals surface area contributed by atoms with E-state index in [-0.39, 0.29) is 34.3 Å². The van der Waals surface area contributed by atoms with Crippen molar-refractivity contribution in [2.24, 2.45) is 0 Å². The summed E-state index contributed by atoms with van der Waals surface area (Å²) >= 11 is 0. The molecule has 0 unspecified atom stereocenters. The normalized spacial score (nSPS) is 9.72. The van der Waals surface area contributed by atoms with Gasteiger partial charge in [-0.3, -0.25) is 0 Å². The van der Waals surface area contributed by atoms with Crippen molar-refractivity contribution in [3.63, 3.8) is 0 Å². The summed E-state index contributed by atoms with van der Waals surface area (Å²) in [4.78, 5) is 12.1. The number of hydrogen-bond donors (Lipinski definition) is 4.